The second-order valence-corrected chi connectivity index (χ2v) is 4.27. The van der Waals surface area contributed by atoms with Gasteiger partial charge in [0.1, 0.15) is 12.0 Å². The standard InChI is InChI=1S/C11H17N3O2/c1-14(9-3-2-4-9)6-10-5-8(7-16-10)11(15)13-12/h5,7,9H,2-4,6,12H2,1H3,(H,13,15). The van der Waals surface area contributed by atoms with Crippen LogP contribution in [0.3, 0.4) is 0 Å². The largest absolute Gasteiger partial charge is 0.467 e. The molecule has 1 amide bonds. The van der Waals surface area contributed by atoms with Gasteiger partial charge >= 0.3 is 0 Å². The number of amides is 1. The zero-order chi connectivity index (χ0) is 11.5. The molecule has 0 spiro atoms. The SMILES string of the molecule is CN(Cc1cc(C(=O)NN)co1)C1CCC1. The zero-order valence-corrected chi connectivity index (χ0v) is 9.40. The van der Waals surface area contributed by atoms with E-state index in [9.17, 15) is 4.79 Å². The molecule has 0 bridgehead atoms. The van der Waals surface area contributed by atoms with Crippen LogP contribution in [0.5, 0.6) is 0 Å². The monoisotopic (exact) mass is 223 g/mol. The maximum absolute atomic E-state index is 11.2. The van der Waals surface area contributed by atoms with Gasteiger partial charge in [-0.3, -0.25) is 15.1 Å². The van der Waals surface area contributed by atoms with Crippen molar-refractivity contribution in [2.75, 3.05) is 7.05 Å². The van der Waals surface area contributed by atoms with Gasteiger partial charge in [-0.15, -0.1) is 0 Å². The molecule has 2 rings (SSSR count). The lowest BCUT2D eigenvalue weighted by atomic mass is 9.92. The van der Waals surface area contributed by atoms with Crippen LogP contribution in [-0.2, 0) is 6.54 Å². The highest BCUT2D eigenvalue weighted by molar-refractivity contribution is 5.93. The summed E-state index contributed by atoms with van der Waals surface area (Å²) in [7, 11) is 2.08. The van der Waals surface area contributed by atoms with E-state index in [1.54, 1.807) is 6.07 Å². The smallest absolute Gasteiger partial charge is 0.268 e. The Labute approximate surface area is 94.6 Å². The summed E-state index contributed by atoms with van der Waals surface area (Å²) in [5.41, 5.74) is 2.55. The summed E-state index contributed by atoms with van der Waals surface area (Å²) in [6.07, 6.45) is 5.26. The minimum atomic E-state index is -0.318. The fourth-order valence-electron chi connectivity index (χ4n) is 1.87. The minimum absolute atomic E-state index is 0.318. The first-order valence-electron chi connectivity index (χ1n) is 5.49. The number of furan rings is 1. The average molecular weight is 223 g/mol. The molecule has 1 aromatic rings. The predicted octanol–water partition coefficient (Wildman–Crippen LogP) is 0.867. The van der Waals surface area contributed by atoms with Gasteiger partial charge in [0.15, 0.2) is 0 Å². The summed E-state index contributed by atoms with van der Waals surface area (Å²) in [6.45, 7) is 0.739. The van der Waals surface area contributed by atoms with E-state index in [1.807, 2.05) is 0 Å². The quantitative estimate of drug-likeness (QED) is 0.451. The van der Waals surface area contributed by atoms with E-state index in [0.29, 0.717) is 11.6 Å². The third-order valence-electron chi connectivity index (χ3n) is 3.15. The molecule has 3 N–H and O–H groups in total. The molecule has 16 heavy (non-hydrogen) atoms. The number of carbonyl (C=O) groups is 1. The van der Waals surface area contributed by atoms with Crippen LogP contribution in [0, 0.1) is 0 Å². The number of hydrogen-bond acceptors (Lipinski definition) is 4. The molecule has 1 saturated carbocycles. The number of rotatable bonds is 4. The van der Waals surface area contributed by atoms with E-state index in [0.717, 1.165) is 12.3 Å². The summed E-state index contributed by atoms with van der Waals surface area (Å²) in [6, 6.07) is 2.40. The number of nitrogen functional groups attached to an aromatic ring is 1. The molecule has 5 heteroatoms. The Hall–Kier alpha value is -1.33. The van der Waals surface area contributed by atoms with E-state index in [4.69, 9.17) is 10.3 Å². The molecular weight excluding hydrogens is 206 g/mol. The molecule has 1 aliphatic rings. The number of hydrazine groups is 1. The lowest BCUT2D eigenvalue weighted by Gasteiger charge is -2.34. The van der Waals surface area contributed by atoms with Crippen molar-refractivity contribution in [3.05, 3.63) is 23.7 Å². The molecule has 1 heterocycles. The molecule has 0 radical (unpaired) electrons. The number of nitrogens with zero attached hydrogens (tertiary/aromatic N) is 1. The van der Waals surface area contributed by atoms with Gasteiger partial charge in [-0.1, -0.05) is 6.42 Å². The maximum atomic E-state index is 11.2. The molecule has 0 aromatic carbocycles. The lowest BCUT2D eigenvalue weighted by molar-refractivity contribution is 0.0953. The van der Waals surface area contributed by atoms with Crippen LogP contribution in [0.2, 0.25) is 0 Å². The van der Waals surface area contributed by atoms with Gasteiger partial charge in [-0.2, -0.15) is 0 Å². The van der Waals surface area contributed by atoms with Crippen molar-refractivity contribution >= 4 is 5.91 Å². The molecule has 1 aliphatic carbocycles. The van der Waals surface area contributed by atoms with Crippen molar-refractivity contribution < 1.29 is 9.21 Å². The summed E-state index contributed by atoms with van der Waals surface area (Å²) in [5.74, 6) is 5.52. The molecule has 0 unspecified atom stereocenters. The van der Waals surface area contributed by atoms with Crippen LogP contribution >= 0.6 is 0 Å². The second kappa shape index (κ2) is 4.67. The highest BCUT2D eigenvalue weighted by Gasteiger charge is 2.22. The predicted molar refractivity (Wildman–Crippen MR) is 59.5 cm³/mol. The Morgan fingerprint density at radius 3 is 3.00 bits per heavy atom. The number of hydrogen-bond donors (Lipinski definition) is 2. The third kappa shape index (κ3) is 2.25. The molecule has 1 fully saturated rings. The Bertz CT molecular complexity index is 371. The normalized spacial score (nSPS) is 16.2. The summed E-state index contributed by atoms with van der Waals surface area (Å²) in [5, 5.41) is 0. The first-order valence-corrected chi connectivity index (χ1v) is 5.49. The first-order chi connectivity index (χ1) is 7.70. The molecule has 0 saturated heterocycles. The Balaban J connectivity index is 1.93. The van der Waals surface area contributed by atoms with E-state index >= 15 is 0 Å². The summed E-state index contributed by atoms with van der Waals surface area (Å²) in [4.78, 5) is 13.5. The highest BCUT2D eigenvalue weighted by atomic mass is 16.3. The van der Waals surface area contributed by atoms with Crippen molar-refractivity contribution in [3.63, 3.8) is 0 Å². The van der Waals surface area contributed by atoms with E-state index in [2.05, 4.69) is 17.4 Å². The van der Waals surface area contributed by atoms with Gasteiger partial charge in [0.2, 0.25) is 0 Å². The van der Waals surface area contributed by atoms with Crippen molar-refractivity contribution in [1.82, 2.24) is 10.3 Å². The molecule has 1 aromatic heterocycles. The van der Waals surface area contributed by atoms with Crippen molar-refractivity contribution in [1.29, 1.82) is 0 Å². The number of nitrogens with two attached hydrogens (primary N) is 1. The van der Waals surface area contributed by atoms with Crippen LogP contribution in [0.25, 0.3) is 0 Å². The Morgan fingerprint density at radius 2 is 2.44 bits per heavy atom. The van der Waals surface area contributed by atoms with Gasteiger partial charge in [-0.25, -0.2) is 5.84 Å². The van der Waals surface area contributed by atoms with Crippen LogP contribution in [0.15, 0.2) is 16.7 Å². The average Bonchev–Trinajstić information content (AvgIpc) is 2.62. The second-order valence-electron chi connectivity index (χ2n) is 4.27. The van der Waals surface area contributed by atoms with Gasteiger partial charge in [0, 0.05) is 6.04 Å². The van der Waals surface area contributed by atoms with Gasteiger partial charge in [-0.05, 0) is 26.0 Å². The van der Waals surface area contributed by atoms with Crippen molar-refractivity contribution in [2.45, 2.75) is 31.8 Å². The van der Waals surface area contributed by atoms with Crippen LogP contribution in [0.1, 0.15) is 35.4 Å². The zero-order valence-electron chi connectivity index (χ0n) is 9.40. The van der Waals surface area contributed by atoms with Gasteiger partial charge in [0.25, 0.3) is 5.91 Å². The van der Waals surface area contributed by atoms with E-state index in [-0.39, 0.29) is 5.91 Å². The molecule has 88 valence electrons. The van der Waals surface area contributed by atoms with E-state index < -0.39 is 0 Å². The number of carbonyl (C=O) groups excluding carboxylic acids is 1. The van der Waals surface area contributed by atoms with Crippen LogP contribution in [-0.4, -0.2) is 23.9 Å². The van der Waals surface area contributed by atoms with Gasteiger partial charge < -0.3 is 4.42 Å². The fourth-order valence-corrected chi connectivity index (χ4v) is 1.87. The first kappa shape index (κ1) is 11.2. The maximum Gasteiger partial charge on any atom is 0.268 e. The highest BCUT2D eigenvalue weighted by Crippen LogP contribution is 2.25. The minimum Gasteiger partial charge on any atom is -0.467 e. The molecule has 5 nitrogen and oxygen atoms in total. The fraction of sp³-hybridized carbons (Fsp3) is 0.545. The Morgan fingerprint density at radius 1 is 1.69 bits per heavy atom. The van der Waals surface area contributed by atoms with Crippen LogP contribution in [0.4, 0.5) is 0 Å². The lowest BCUT2D eigenvalue weighted by Crippen LogP contribution is -2.36. The summed E-state index contributed by atoms with van der Waals surface area (Å²) < 4.78 is 5.32. The molecular formula is C11H17N3O2. The molecule has 0 atom stereocenters. The third-order valence-corrected chi connectivity index (χ3v) is 3.15. The summed E-state index contributed by atoms with van der Waals surface area (Å²) >= 11 is 0. The number of nitrogens with one attached hydrogen (secondary N) is 1. The van der Waals surface area contributed by atoms with Crippen molar-refractivity contribution in [2.24, 2.45) is 5.84 Å². The Kier molecular flexibility index (Phi) is 3.26. The molecule has 0 aliphatic heterocycles. The van der Waals surface area contributed by atoms with Crippen molar-refractivity contribution in [3.8, 4) is 0 Å². The van der Waals surface area contributed by atoms with Crippen LogP contribution < -0.4 is 11.3 Å². The topological polar surface area (TPSA) is 71.5 Å². The van der Waals surface area contributed by atoms with E-state index in [1.165, 1.54) is 25.5 Å². The van der Waals surface area contributed by atoms with Gasteiger partial charge in [0.05, 0.1) is 12.1 Å².